The number of nitrogens with one attached hydrogen (secondary N) is 1. The highest BCUT2D eigenvalue weighted by Crippen LogP contribution is 2.33. The van der Waals surface area contributed by atoms with Gasteiger partial charge in [-0.05, 0) is 46.0 Å². The van der Waals surface area contributed by atoms with E-state index in [0.29, 0.717) is 0 Å². The fourth-order valence-corrected chi connectivity index (χ4v) is 4.15. The van der Waals surface area contributed by atoms with E-state index < -0.39 is 0 Å². The summed E-state index contributed by atoms with van der Waals surface area (Å²) in [5.41, 5.74) is 0.285. The van der Waals surface area contributed by atoms with Crippen molar-refractivity contribution in [1.82, 2.24) is 10.2 Å². The van der Waals surface area contributed by atoms with Gasteiger partial charge in [-0.1, -0.05) is 32.6 Å². The molecule has 0 aromatic heterocycles. The van der Waals surface area contributed by atoms with Crippen LogP contribution in [0.25, 0.3) is 0 Å². The van der Waals surface area contributed by atoms with Gasteiger partial charge in [-0.25, -0.2) is 0 Å². The molecule has 2 atom stereocenters. The van der Waals surface area contributed by atoms with E-state index >= 15 is 0 Å². The van der Waals surface area contributed by atoms with Crippen molar-refractivity contribution in [3.8, 4) is 0 Å². The van der Waals surface area contributed by atoms with Crippen molar-refractivity contribution in [3.63, 3.8) is 0 Å². The first-order chi connectivity index (χ1) is 9.03. The highest BCUT2D eigenvalue weighted by molar-refractivity contribution is 4.97. The fraction of sp³-hybridized carbons (Fsp3) is 1.00. The Hall–Kier alpha value is -0.0800. The first-order valence-electron chi connectivity index (χ1n) is 8.54. The van der Waals surface area contributed by atoms with Gasteiger partial charge in [0, 0.05) is 30.7 Å². The molecule has 0 amide bonds. The molecule has 2 unspecified atom stereocenters. The quantitative estimate of drug-likeness (QED) is 0.832. The molecule has 2 aliphatic rings. The minimum atomic E-state index is 0.285. The lowest BCUT2D eigenvalue weighted by atomic mass is 9.80. The van der Waals surface area contributed by atoms with Gasteiger partial charge in [0.05, 0.1) is 0 Å². The van der Waals surface area contributed by atoms with Gasteiger partial charge in [-0.2, -0.15) is 0 Å². The number of nitrogens with zero attached hydrogens (tertiary/aromatic N) is 1. The van der Waals surface area contributed by atoms with Gasteiger partial charge in [0.1, 0.15) is 0 Å². The van der Waals surface area contributed by atoms with E-state index in [2.05, 4.69) is 37.9 Å². The van der Waals surface area contributed by atoms with E-state index in [0.717, 1.165) is 18.0 Å². The number of piperazine rings is 1. The van der Waals surface area contributed by atoms with Crippen LogP contribution in [0.15, 0.2) is 0 Å². The van der Waals surface area contributed by atoms with Crippen LogP contribution < -0.4 is 5.32 Å². The van der Waals surface area contributed by atoms with Crippen LogP contribution in [0, 0.1) is 5.92 Å². The predicted molar refractivity (Wildman–Crippen MR) is 83.5 cm³/mol. The van der Waals surface area contributed by atoms with Gasteiger partial charge in [0.15, 0.2) is 0 Å². The molecule has 2 nitrogen and oxygen atoms in total. The second-order valence-electron chi connectivity index (χ2n) is 7.54. The molecule has 2 rings (SSSR count). The van der Waals surface area contributed by atoms with Gasteiger partial charge in [0.25, 0.3) is 0 Å². The molecule has 1 heterocycles. The predicted octanol–water partition coefficient (Wildman–Crippen LogP) is 3.81. The Morgan fingerprint density at radius 3 is 2.53 bits per heavy atom. The molecule has 2 heteroatoms. The number of hydrogen-bond donors (Lipinski definition) is 1. The summed E-state index contributed by atoms with van der Waals surface area (Å²) in [6.07, 6.45) is 9.96. The monoisotopic (exact) mass is 266 g/mol. The Morgan fingerprint density at radius 1 is 1.21 bits per heavy atom. The topological polar surface area (TPSA) is 15.3 Å². The Kier molecular flexibility index (Phi) is 5.30. The minimum absolute atomic E-state index is 0.285. The van der Waals surface area contributed by atoms with Gasteiger partial charge >= 0.3 is 0 Å². The molecule has 1 aliphatic heterocycles. The first kappa shape index (κ1) is 15.3. The first-order valence-corrected chi connectivity index (χ1v) is 8.54. The smallest absolute Gasteiger partial charge is 0.0253 e. The van der Waals surface area contributed by atoms with Crippen LogP contribution in [0.2, 0.25) is 0 Å². The number of rotatable bonds is 4. The Bertz CT molecular complexity index is 268. The molecular weight excluding hydrogens is 232 g/mol. The molecule has 0 spiro atoms. The molecule has 1 saturated carbocycles. The van der Waals surface area contributed by atoms with Crippen molar-refractivity contribution >= 4 is 0 Å². The average Bonchev–Trinajstić information content (AvgIpc) is 2.39. The van der Waals surface area contributed by atoms with E-state index in [9.17, 15) is 0 Å². The van der Waals surface area contributed by atoms with Crippen LogP contribution in [0.5, 0.6) is 0 Å². The highest BCUT2D eigenvalue weighted by atomic mass is 15.3. The third-order valence-electron chi connectivity index (χ3n) is 5.26. The summed E-state index contributed by atoms with van der Waals surface area (Å²) in [5.74, 6) is 0.941. The summed E-state index contributed by atoms with van der Waals surface area (Å²) in [4.78, 5) is 2.84. The zero-order valence-corrected chi connectivity index (χ0v) is 13.5. The van der Waals surface area contributed by atoms with E-state index in [4.69, 9.17) is 0 Å². The minimum Gasteiger partial charge on any atom is -0.309 e. The zero-order chi connectivity index (χ0) is 13.9. The fourth-order valence-electron chi connectivity index (χ4n) is 4.15. The van der Waals surface area contributed by atoms with Gasteiger partial charge in [-0.15, -0.1) is 0 Å². The van der Waals surface area contributed by atoms with Crippen molar-refractivity contribution < 1.29 is 0 Å². The van der Waals surface area contributed by atoms with Crippen molar-refractivity contribution in [3.05, 3.63) is 0 Å². The summed E-state index contributed by atoms with van der Waals surface area (Å²) >= 11 is 0. The third-order valence-corrected chi connectivity index (χ3v) is 5.26. The molecule has 1 N–H and O–H groups in total. The van der Waals surface area contributed by atoms with Crippen LogP contribution in [-0.2, 0) is 0 Å². The summed E-state index contributed by atoms with van der Waals surface area (Å²) < 4.78 is 0. The SMILES string of the molecule is CCCC(C)N1CC(C)(C)NCC1C1CCCCC1. The Balaban J connectivity index is 2.05. The van der Waals surface area contributed by atoms with Crippen molar-refractivity contribution in [2.45, 2.75) is 90.3 Å². The molecule has 1 saturated heterocycles. The van der Waals surface area contributed by atoms with Crippen molar-refractivity contribution in [1.29, 1.82) is 0 Å². The van der Waals surface area contributed by atoms with Crippen LogP contribution in [-0.4, -0.2) is 35.6 Å². The lowest BCUT2D eigenvalue weighted by molar-refractivity contribution is 0.0172. The summed E-state index contributed by atoms with van der Waals surface area (Å²) in [6, 6.07) is 1.54. The highest BCUT2D eigenvalue weighted by Gasteiger charge is 2.38. The van der Waals surface area contributed by atoms with Gasteiger partial charge < -0.3 is 5.32 Å². The molecule has 112 valence electrons. The van der Waals surface area contributed by atoms with Gasteiger partial charge in [-0.3, -0.25) is 4.90 Å². The lowest BCUT2D eigenvalue weighted by Crippen LogP contribution is -2.65. The summed E-state index contributed by atoms with van der Waals surface area (Å²) in [6.45, 7) is 11.9. The maximum Gasteiger partial charge on any atom is 0.0253 e. The van der Waals surface area contributed by atoms with Crippen molar-refractivity contribution in [2.75, 3.05) is 13.1 Å². The van der Waals surface area contributed by atoms with E-state index in [1.165, 1.54) is 58.0 Å². The van der Waals surface area contributed by atoms with Gasteiger partial charge in [0.2, 0.25) is 0 Å². The van der Waals surface area contributed by atoms with Crippen LogP contribution in [0.4, 0.5) is 0 Å². The van der Waals surface area contributed by atoms with E-state index in [-0.39, 0.29) is 5.54 Å². The van der Waals surface area contributed by atoms with Crippen LogP contribution in [0.1, 0.15) is 72.6 Å². The largest absolute Gasteiger partial charge is 0.309 e. The maximum absolute atomic E-state index is 3.79. The molecule has 0 bridgehead atoms. The van der Waals surface area contributed by atoms with Crippen LogP contribution in [0.3, 0.4) is 0 Å². The normalized spacial score (nSPS) is 31.3. The second-order valence-corrected chi connectivity index (χ2v) is 7.54. The molecule has 2 fully saturated rings. The van der Waals surface area contributed by atoms with E-state index in [1.54, 1.807) is 0 Å². The molecule has 1 aliphatic carbocycles. The molecule has 19 heavy (non-hydrogen) atoms. The zero-order valence-electron chi connectivity index (χ0n) is 13.5. The average molecular weight is 266 g/mol. The molecular formula is C17H34N2. The summed E-state index contributed by atoms with van der Waals surface area (Å²) in [7, 11) is 0. The van der Waals surface area contributed by atoms with Crippen molar-refractivity contribution in [2.24, 2.45) is 5.92 Å². The lowest BCUT2D eigenvalue weighted by Gasteiger charge is -2.50. The number of hydrogen-bond acceptors (Lipinski definition) is 2. The second kappa shape index (κ2) is 6.58. The standard InChI is InChI=1S/C17H34N2/c1-5-9-14(2)19-13-17(3,4)18-12-16(19)15-10-7-6-8-11-15/h14-16,18H,5-13H2,1-4H3. The Labute approximate surface area is 120 Å². The van der Waals surface area contributed by atoms with Crippen LogP contribution >= 0.6 is 0 Å². The summed E-state index contributed by atoms with van der Waals surface area (Å²) in [5, 5.41) is 3.79. The Morgan fingerprint density at radius 2 is 1.89 bits per heavy atom. The van der Waals surface area contributed by atoms with E-state index in [1.807, 2.05) is 0 Å². The third kappa shape index (κ3) is 3.95. The molecule has 0 aromatic rings. The molecule has 0 radical (unpaired) electrons. The maximum atomic E-state index is 3.79. The molecule has 0 aromatic carbocycles.